The molecule has 1 unspecified atom stereocenters. The first kappa shape index (κ1) is 16.8. The summed E-state index contributed by atoms with van der Waals surface area (Å²) in [5, 5.41) is 0. The van der Waals surface area contributed by atoms with E-state index < -0.39 is 0 Å². The number of hydrogen-bond acceptors (Lipinski definition) is 2. The fraction of sp³-hybridized carbons (Fsp3) is 0.720. The third-order valence-electron chi connectivity index (χ3n) is 9.89. The Balaban J connectivity index is 1.35. The third-order valence-corrected chi connectivity index (χ3v) is 9.89. The second-order valence-electron chi connectivity index (χ2n) is 10.9. The van der Waals surface area contributed by atoms with Crippen LogP contribution in [0.3, 0.4) is 0 Å². The predicted molar refractivity (Wildman–Crippen MR) is 108 cm³/mol. The summed E-state index contributed by atoms with van der Waals surface area (Å²) in [6, 6.07) is 4.36. The maximum atomic E-state index is 6.60. The molecule has 3 saturated carbocycles. The summed E-state index contributed by atoms with van der Waals surface area (Å²) in [6.07, 6.45) is 16.5. The zero-order valence-electron chi connectivity index (χ0n) is 17.1. The van der Waals surface area contributed by atoms with E-state index in [0.29, 0.717) is 16.9 Å². The van der Waals surface area contributed by atoms with Gasteiger partial charge in [-0.2, -0.15) is 0 Å². The molecule has 144 valence electrons. The number of nitrogens with zero attached hydrogens (tertiary/aromatic N) is 1. The lowest BCUT2D eigenvalue weighted by Gasteiger charge is -2.59. The molecule has 8 atom stereocenters. The van der Waals surface area contributed by atoms with Crippen LogP contribution in [0.4, 0.5) is 0 Å². The Kier molecular flexibility index (Phi) is 3.27. The summed E-state index contributed by atoms with van der Waals surface area (Å²) >= 11 is 0. The molecule has 1 aromatic heterocycles. The van der Waals surface area contributed by atoms with Gasteiger partial charge in [-0.3, -0.25) is 4.98 Å². The smallest absolute Gasteiger partial charge is 0.101 e. The summed E-state index contributed by atoms with van der Waals surface area (Å²) in [5.74, 6) is 3.35. The first-order chi connectivity index (χ1) is 13.0. The Hall–Kier alpha value is -1.15. The lowest BCUT2D eigenvalue weighted by atomic mass is 9.44. The van der Waals surface area contributed by atoms with Gasteiger partial charge in [-0.05, 0) is 91.2 Å². The quantitative estimate of drug-likeness (QED) is 0.582. The molecule has 1 spiro atoms. The highest BCUT2D eigenvalue weighted by atomic mass is 16.6. The van der Waals surface area contributed by atoms with Crippen LogP contribution in [0.25, 0.3) is 5.57 Å². The molecule has 0 radical (unpaired) electrons. The normalized spacial score (nSPS) is 52.9. The number of epoxide rings is 1. The van der Waals surface area contributed by atoms with Crippen LogP contribution >= 0.6 is 0 Å². The monoisotopic (exact) mass is 363 g/mol. The Bertz CT molecular complexity index is 802. The Labute approximate surface area is 163 Å². The van der Waals surface area contributed by atoms with Crippen molar-refractivity contribution in [1.82, 2.24) is 4.98 Å². The minimum absolute atomic E-state index is 0.248. The van der Waals surface area contributed by atoms with Gasteiger partial charge in [-0.1, -0.05) is 32.9 Å². The average molecular weight is 364 g/mol. The first-order valence-electron chi connectivity index (χ1n) is 11.3. The van der Waals surface area contributed by atoms with Crippen LogP contribution in [0.1, 0.15) is 71.3 Å². The topological polar surface area (TPSA) is 25.4 Å². The molecule has 1 saturated heterocycles. The Morgan fingerprint density at radius 2 is 2.04 bits per heavy atom. The number of aromatic nitrogens is 1. The molecule has 0 aromatic carbocycles. The van der Waals surface area contributed by atoms with Crippen LogP contribution in [0.5, 0.6) is 0 Å². The van der Waals surface area contributed by atoms with E-state index in [9.17, 15) is 0 Å². The minimum atomic E-state index is 0.248. The first-order valence-corrected chi connectivity index (χ1v) is 11.3. The largest absolute Gasteiger partial charge is 0.365 e. The molecule has 2 heterocycles. The van der Waals surface area contributed by atoms with E-state index >= 15 is 0 Å². The number of allylic oxidation sites excluding steroid dienone is 2. The predicted octanol–water partition coefficient (Wildman–Crippen LogP) is 5.89. The number of rotatable bonds is 1. The molecule has 1 aliphatic heterocycles. The fourth-order valence-corrected chi connectivity index (χ4v) is 8.44. The van der Waals surface area contributed by atoms with Crippen LogP contribution in [-0.2, 0) is 4.74 Å². The fourth-order valence-electron chi connectivity index (χ4n) is 8.44. The van der Waals surface area contributed by atoms with Crippen molar-refractivity contribution in [3.63, 3.8) is 0 Å². The van der Waals surface area contributed by atoms with Crippen molar-refractivity contribution in [3.8, 4) is 0 Å². The van der Waals surface area contributed by atoms with Gasteiger partial charge in [-0.15, -0.1) is 0 Å². The zero-order chi connectivity index (χ0) is 18.4. The van der Waals surface area contributed by atoms with Crippen molar-refractivity contribution >= 4 is 5.57 Å². The lowest BCUT2D eigenvalue weighted by molar-refractivity contribution is -0.0882. The van der Waals surface area contributed by atoms with E-state index in [0.717, 1.165) is 23.7 Å². The second kappa shape index (κ2) is 5.26. The number of ether oxygens (including phenoxy) is 1. The molecule has 4 aliphatic carbocycles. The van der Waals surface area contributed by atoms with E-state index in [4.69, 9.17) is 4.74 Å². The highest BCUT2D eigenvalue weighted by Gasteiger charge is 2.75. The van der Waals surface area contributed by atoms with Crippen LogP contribution < -0.4 is 0 Å². The summed E-state index contributed by atoms with van der Waals surface area (Å²) in [4.78, 5) is 4.41. The SMILES string of the molecule is C[C@H]1CC[C@]2(C)[C@H]3CC[C@]4(C)C(c5cccnc5)=CC[C@H]4[C@@H]3CC3O[C@]32C1. The standard InChI is InChI=1S/C25H33NO/c1-16-8-11-24(3)21-9-10-23(2)19(17-5-4-12-26-15-17)6-7-20(23)18(21)13-22-25(24,14-16)27-22/h4-6,12,15-16,18,20-22H,7-11,13-14H2,1-3H3/t16-,18-,20-,21-,22?,23+,24+,25+/m0/s1. The van der Waals surface area contributed by atoms with Gasteiger partial charge in [0.25, 0.3) is 0 Å². The number of pyridine rings is 1. The van der Waals surface area contributed by atoms with Crippen LogP contribution in [0, 0.1) is 34.5 Å². The Morgan fingerprint density at radius 3 is 2.85 bits per heavy atom. The molecular formula is C25H33NO. The number of fused-ring (bicyclic) bond motifs is 4. The van der Waals surface area contributed by atoms with E-state index in [1.165, 1.54) is 50.5 Å². The van der Waals surface area contributed by atoms with Crippen LogP contribution in [0.2, 0.25) is 0 Å². The van der Waals surface area contributed by atoms with Gasteiger partial charge >= 0.3 is 0 Å². The van der Waals surface area contributed by atoms with E-state index in [-0.39, 0.29) is 5.60 Å². The maximum Gasteiger partial charge on any atom is 0.101 e. The maximum absolute atomic E-state index is 6.60. The van der Waals surface area contributed by atoms with Crippen molar-refractivity contribution in [3.05, 3.63) is 36.2 Å². The lowest BCUT2D eigenvalue weighted by Crippen LogP contribution is -2.57. The van der Waals surface area contributed by atoms with Crippen molar-refractivity contribution in [2.45, 2.75) is 77.4 Å². The molecule has 2 heteroatoms. The van der Waals surface area contributed by atoms with Gasteiger partial charge in [0, 0.05) is 17.8 Å². The third kappa shape index (κ3) is 1.98. The van der Waals surface area contributed by atoms with Crippen LogP contribution in [-0.4, -0.2) is 16.7 Å². The van der Waals surface area contributed by atoms with Gasteiger partial charge in [0.1, 0.15) is 5.60 Å². The van der Waals surface area contributed by atoms with Gasteiger partial charge in [0.05, 0.1) is 6.10 Å². The number of hydrogen-bond donors (Lipinski definition) is 0. The van der Waals surface area contributed by atoms with Crippen molar-refractivity contribution in [2.75, 3.05) is 0 Å². The summed E-state index contributed by atoms with van der Waals surface area (Å²) < 4.78 is 6.60. The molecule has 2 nitrogen and oxygen atoms in total. The molecule has 6 rings (SSSR count). The van der Waals surface area contributed by atoms with E-state index in [2.05, 4.69) is 50.2 Å². The molecule has 5 aliphatic rings. The van der Waals surface area contributed by atoms with E-state index in [1.807, 2.05) is 6.20 Å². The highest BCUT2D eigenvalue weighted by Crippen LogP contribution is 2.74. The molecule has 0 N–H and O–H groups in total. The summed E-state index contributed by atoms with van der Waals surface area (Å²) in [6.45, 7) is 7.61. The molecular weight excluding hydrogens is 330 g/mol. The van der Waals surface area contributed by atoms with Crippen molar-refractivity contribution in [2.24, 2.45) is 34.5 Å². The van der Waals surface area contributed by atoms with Crippen molar-refractivity contribution < 1.29 is 4.74 Å². The average Bonchev–Trinajstić information content (AvgIpc) is 3.24. The molecule has 0 bridgehead atoms. The Morgan fingerprint density at radius 1 is 1.15 bits per heavy atom. The summed E-state index contributed by atoms with van der Waals surface area (Å²) in [7, 11) is 0. The molecule has 27 heavy (non-hydrogen) atoms. The van der Waals surface area contributed by atoms with Crippen LogP contribution in [0.15, 0.2) is 30.6 Å². The van der Waals surface area contributed by atoms with E-state index in [1.54, 1.807) is 5.57 Å². The molecule has 4 fully saturated rings. The molecule has 1 aromatic rings. The molecule has 0 amide bonds. The van der Waals surface area contributed by atoms with Gasteiger partial charge < -0.3 is 4.74 Å². The van der Waals surface area contributed by atoms with Gasteiger partial charge in [0.2, 0.25) is 0 Å². The van der Waals surface area contributed by atoms with Crippen molar-refractivity contribution in [1.29, 1.82) is 0 Å². The zero-order valence-corrected chi connectivity index (χ0v) is 17.1. The van der Waals surface area contributed by atoms with Gasteiger partial charge in [0.15, 0.2) is 0 Å². The summed E-state index contributed by atoms with van der Waals surface area (Å²) in [5.41, 5.74) is 3.93. The minimum Gasteiger partial charge on any atom is -0.365 e. The second-order valence-corrected chi connectivity index (χ2v) is 10.9. The highest BCUT2D eigenvalue weighted by molar-refractivity contribution is 5.72. The van der Waals surface area contributed by atoms with Gasteiger partial charge in [-0.25, -0.2) is 0 Å².